The van der Waals surface area contributed by atoms with E-state index >= 15 is 0 Å². The number of hydrogen-bond acceptors (Lipinski definition) is 4. The minimum absolute atomic E-state index is 0.682. The van der Waals surface area contributed by atoms with E-state index < -0.39 is 0 Å². The fraction of sp³-hybridized carbons (Fsp3) is 1.00. The van der Waals surface area contributed by atoms with Crippen molar-refractivity contribution in [1.29, 1.82) is 0 Å². The van der Waals surface area contributed by atoms with Gasteiger partial charge in [-0.2, -0.15) is 0 Å². The first-order valence-electron chi connectivity index (χ1n) is 8.06. The van der Waals surface area contributed by atoms with Gasteiger partial charge in [-0.25, -0.2) is 0 Å². The van der Waals surface area contributed by atoms with Gasteiger partial charge in [-0.1, -0.05) is 13.8 Å². The average Bonchev–Trinajstić information content (AvgIpc) is 2.66. The van der Waals surface area contributed by atoms with Gasteiger partial charge in [-0.05, 0) is 45.3 Å². The molecule has 1 aliphatic heterocycles. The summed E-state index contributed by atoms with van der Waals surface area (Å²) in [4.78, 5) is 5.19. The molecule has 1 fully saturated rings. The number of rotatable bonds is 9. The van der Waals surface area contributed by atoms with E-state index in [1.54, 1.807) is 0 Å². The summed E-state index contributed by atoms with van der Waals surface area (Å²) >= 11 is 0. The quantitative estimate of drug-likeness (QED) is 0.646. The van der Waals surface area contributed by atoms with Crippen LogP contribution in [0.2, 0.25) is 0 Å². The molecular formula is C15H33N3O. The number of nitrogens with two attached hydrogens (primary N) is 1. The van der Waals surface area contributed by atoms with Crippen LogP contribution in [-0.4, -0.2) is 68.3 Å². The van der Waals surface area contributed by atoms with Crippen molar-refractivity contribution in [3.63, 3.8) is 0 Å². The molecule has 0 aliphatic carbocycles. The van der Waals surface area contributed by atoms with Gasteiger partial charge in [-0.15, -0.1) is 0 Å². The zero-order valence-electron chi connectivity index (χ0n) is 12.9. The molecular weight excluding hydrogens is 238 g/mol. The first kappa shape index (κ1) is 16.9. The Balaban J connectivity index is 2.26. The summed E-state index contributed by atoms with van der Waals surface area (Å²) in [5, 5.41) is 0. The van der Waals surface area contributed by atoms with Crippen molar-refractivity contribution in [2.75, 3.05) is 52.5 Å². The molecule has 19 heavy (non-hydrogen) atoms. The SMILES string of the molecule is CCCOCCN1CCCN(C(CC)CCN)CC1. The second-order valence-corrected chi connectivity index (χ2v) is 5.48. The Labute approximate surface area is 119 Å². The van der Waals surface area contributed by atoms with E-state index in [4.69, 9.17) is 10.5 Å². The van der Waals surface area contributed by atoms with Crippen LogP contribution in [0.15, 0.2) is 0 Å². The van der Waals surface area contributed by atoms with Crippen LogP contribution in [0, 0.1) is 0 Å². The lowest BCUT2D eigenvalue weighted by molar-refractivity contribution is 0.104. The molecule has 0 spiro atoms. The fourth-order valence-corrected chi connectivity index (χ4v) is 2.86. The summed E-state index contributed by atoms with van der Waals surface area (Å²) in [6, 6.07) is 0.682. The van der Waals surface area contributed by atoms with E-state index in [1.165, 1.54) is 39.0 Å². The largest absolute Gasteiger partial charge is 0.380 e. The Hall–Kier alpha value is -0.160. The van der Waals surface area contributed by atoms with E-state index in [1.807, 2.05) is 0 Å². The third kappa shape index (κ3) is 6.70. The topological polar surface area (TPSA) is 41.7 Å². The molecule has 114 valence electrons. The first-order valence-corrected chi connectivity index (χ1v) is 8.06. The van der Waals surface area contributed by atoms with Crippen LogP contribution in [0.4, 0.5) is 0 Å². The van der Waals surface area contributed by atoms with Crippen molar-refractivity contribution >= 4 is 0 Å². The van der Waals surface area contributed by atoms with Gasteiger partial charge in [0.2, 0.25) is 0 Å². The van der Waals surface area contributed by atoms with Crippen LogP contribution in [0.5, 0.6) is 0 Å². The Morgan fingerprint density at radius 1 is 1.11 bits per heavy atom. The predicted molar refractivity (Wildman–Crippen MR) is 81.5 cm³/mol. The molecule has 1 heterocycles. The highest BCUT2D eigenvalue weighted by Crippen LogP contribution is 2.12. The monoisotopic (exact) mass is 271 g/mol. The summed E-state index contributed by atoms with van der Waals surface area (Å²) in [6.45, 7) is 12.9. The van der Waals surface area contributed by atoms with E-state index in [0.29, 0.717) is 6.04 Å². The molecule has 4 heteroatoms. The van der Waals surface area contributed by atoms with Crippen molar-refractivity contribution in [1.82, 2.24) is 9.80 Å². The Morgan fingerprint density at radius 2 is 1.95 bits per heavy atom. The standard InChI is InChI=1S/C15H33N3O/c1-3-13-19-14-12-17-8-5-9-18(11-10-17)15(4-2)6-7-16/h15H,3-14,16H2,1-2H3. The lowest BCUT2D eigenvalue weighted by atomic mass is 10.1. The summed E-state index contributed by atoms with van der Waals surface area (Å²) in [5.74, 6) is 0. The fourth-order valence-electron chi connectivity index (χ4n) is 2.86. The third-order valence-corrected chi connectivity index (χ3v) is 4.01. The molecule has 0 aromatic carbocycles. The molecule has 1 rings (SSSR count). The lowest BCUT2D eigenvalue weighted by Crippen LogP contribution is -2.39. The van der Waals surface area contributed by atoms with Crippen molar-refractivity contribution < 1.29 is 4.74 Å². The number of ether oxygens (including phenoxy) is 1. The van der Waals surface area contributed by atoms with Gasteiger partial charge < -0.3 is 10.5 Å². The Kier molecular flexibility index (Phi) is 9.43. The second kappa shape index (κ2) is 10.6. The molecule has 0 amide bonds. The molecule has 0 bridgehead atoms. The zero-order valence-corrected chi connectivity index (χ0v) is 12.9. The summed E-state index contributed by atoms with van der Waals surface area (Å²) in [7, 11) is 0. The molecule has 1 unspecified atom stereocenters. The van der Waals surface area contributed by atoms with E-state index in [0.717, 1.165) is 39.1 Å². The molecule has 1 saturated heterocycles. The molecule has 1 atom stereocenters. The highest BCUT2D eigenvalue weighted by Gasteiger charge is 2.20. The van der Waals surface area contributed by atoms with Gasteiger partial charge in [0.05, 0.1) is 6.61 Å². The summed E-state index contributed by atoms with van der Waals surface area (Å²) in [6.07, 6.45) is 4.74. The van der Waals surface area contributed by atoms with Gasteiger partial charge in [0, 0.05) is 32.3 Å². The van der Waals surface area contributed by atoms with Crippen LogP contribution in [0.3, 0.4) is 0 Å². The molecule has 0 saturated carbocycles. The summed E-state index contributed by atoms with van der Waals surface area (Å²) < 4.78 is 5.59. The van der Waals surface area contributed by atoms with Crippen molar-refractivity contribution in [2.45, 2.75) is 45.6 Å². The minimum atomic E-state index is 0.682. The lowest BCUT2D eigenvalue weighted by Gasteiger charge is -2.29. The van der Waals surface area contributed by atoms with Crippen LogP contribution in [-0.2, 0) is 4.74 Å². The predicted octanol–water partition coefficient (Wildman–Crippen LogP) is 1.55. The highest BCUT2D eigenvalue weighted by atomic mass is 16.5. The van der Waals surface area contributed by atoms with Gasteiger partial charge in [0.15, 0.2) is 0 Å². The average molecular weight is 271 g/mol. The third-order valence-electron chi connectivity index (χ3n) is 4.01. The molecule has 0 aromatic rings. The van der Waals surface area contributed by atoms with Gasteiger partial charge in [-0.3, -0.25) is 9.80 Å². The normalized spacial score (nSPS) is 20.4. The van der Waals surface area contributed by atoms with Crippen LogP contribution in [0.25, 0.3) is 0 Å². The van der Waals surface area contributed by atoms with Crippen molar-refractivity contribution in [3.8, 4) is 0 Å². The molecule has 0 radical (unpaired) electrons. The minimum Gasteiger partial charge on any atom is -0.380 e. The van der Waals surface area contributed by atoms with E-state index in [2.05, 4.69) is 23.6 Å². The zero-order chi connectivity index (χ0) is 13.9. The van der Waals surface area contributed by atoms with Crippen molar-refractivity contribution in [2.24, 2.45) is 5.73 Å². The van der Waals surface area contributed by atoms with E-state index in [9.17, 15) is 0 Å². The molecule has 4 nitrogen and oxygen atoms in total. The molecule has 2 N–H and O–H groups in total. The maximum absolute atomic E-state index is 5.72. The smallest absolute Gasteiger partial charge is 0.0593 e. The first-order chi connectivity index (χ1) is 9.31. The highest BCUT2D eigenvalue weighted by molar-refractivity contribution is 4.76. The van der Waals surface area contributed by atoms with Gasteiger partial charge >= 0.3 is 0 Å². The maximum Gasteiger partial charge on any atom is 0.0593 e. The van der Waals surface area contributed by atoms with E-state index in [-0.39, 0.29) is 0 Å². The second-order valence-electron chi connectivity index (χ2n) is 5.48. The Bertz CT molecular complexity index is 214. The number of hydrogen-bond donors (Lipinski definition) is 1. The van der Waals surface area contributed by atoms with Gasteiger partial charge in [0.25, 0.3) is 0 Å². The Morgan fingerprint density at radius 3 is 2.63 bits per heavy atom. The van der Waals surface area contributed by atoms with Crippen LogP contribution < -0.4 is 5.73 Å². The molecule has 1 aliphatic rings. The number of nitrogens with zero attached hydrogens (tertiary/aromatic N) is 2. The van der Waals surface area contributed by atoms with Crippen molar-refractivity contribution in [3.05, 3.63) is 0 Å². The molecule has 0 aromatic heterocycles. The summed E-state index contributed by atoms with van der Waals surface area (Å²) in [5.41, 5.74) is 5.72. The maximum atomic E-state index is 5.72. The van der Waals surface area contributed by atoms with Crippen LogP contribution >= 0.6 is 0 Å². The van der Waals surface area contributed by atoms with Gasteiger partial charge in [0.1, 0.15) is 0 Å². The van der Waals surface area contributed by atoms with Crippen LogP contribution in [0.1, 0.15) is 39.5 Å².